The SMILES string of the molecule is O=C(c1cc(F)c(F)cc1F)N1CCN2C(=O)[C@@H]3CSCN3C(=O)[C@H]2C1. The van der Waals surface area contributed by atoms with Gasteiger partial charge < -0.3 is 14.7 Å². The van der Waals surface area contributed by atoms with E-state index in [0.717, 1.165) is 0 Å². The molecule has 10 heteroatoms. The summed E-state index contributed by atoms with van der Waals surface area (Å²) in [5.41, 5.74) is -0.596. The summed E-state index contributed by atoms with van der Waals surface area (Å²) < 4.78 is 40.3. The van der Waals surface area contributed by atoms with Gasteiger partial charge in [-0.1, -0.05) is 0 Å². The van der Waals surface area contributed by atoms with Crippen LogP contribution in [0.3, 0.4) is 0 Å². The number of nitrogens with zero attached hydrogens (tertiary/aromatic N) is 3. The van der Waals surface area contributed by atoms with Crippen LogP contribution in [-0.2, 0) is 9.59 Å². The molecule has 138 valence electrons. The van der Waals surface area contributed by atoms with E-state index in [1.807, 2.05) is 0 Å². The van der Waals surface area contributed by atoms with Gasteiger partial charge in [0.1, 0.15) is 17.9 Å². The quantitative estimate of drug-likeness (QED) is 0.667. The predicted molar refractivity (Wildman–Crippen MR) is 85.7 cm³/mol. The maximum atomic E-state index is 13.9. The van der Waals surface area contributed by atoms with Crippen molar-refractivity contribution in [1.82, 2.24) is 14.7 Å². The van der Waals surface area contributed by atoms with Crippen LogP contribution in [0.25, 0.3) is 0 Å². The van der Waals surface area contributed by atoms with Crippen molar-refractivity contribution in [3.05, 3.63) is 35.1 Å². The van der Waals surface area contributed by atoms with E-state index in [1.54, 1.807) is 0 Å². The maximum Gasteiger partial charge on any atom is 0.257 e. The molecule has 0 saturated carbocycles. The molecule has 3 fully saturated rings. The van der Waals surface area contributed by atoms with Crippen LogP contribution in [0.5, 0.6) is 0 Å². The smallest absolute Gasteiger partial charge is 0.257 e. The molecule has 26 heavy (non-hydrogen) atoms. The fraction of sp³-hybridized carbons (Fsp3) is 0.438. The Kier molecular flexibility index (Phi) is 4.09. The van der Waals surface area contributed by atoms with Crippen LogP contribution < -0.4 is 0 Å². The summed E-state index contributed by atoms with van der Waals surface area (Å²) in [6.45, 7) is 0.129. The van der Waals surface area contributed by atoms with Gasteiger partial charge in [0.25, 0.3) is 5.91 Å². The first kappa shape index (κ1) is 17.2. The van der Waals surface area contributed by atoms with Crippen molar-refractivity contribution >= 4 is 29.5 Å². The third-order valence-corrected chi connectivity index (χ3v) is 5.94. The molecule has 1 aromatic rings. The van der Waals surface area contributed by atoms with Crippen molar-refractivity contribution in [2.45, 2.75) is 12.1 Å². The Balaban J connectivity index is 1.58. The van der Waals surface area contributed by atoms with E-state index in [2.05, 4.69) is 0 Å². The molecule has 6 nitrogen and oxygen atoms in total. The molecule has 2 atom stereocenters. The van der Waals surface area contributed by atoms with Crippen molar-refractivity contribution in [3.8, 4) is 0 Å². The summed E-state index contributed by atoms with van der Waals surface area (Å²) >= 11 is 1.49. The summed E-state index contributed by atoms with van der Waals surface area (Å²) in [6.07, 6.45) is 0. The molecule has 0 unspecified atom stereocenters. The van der Waals surface area contributed by atoms with Crippen molar-refractivity contribution in [3.63, 3.8) is 0 Å². The zero-order valence-corrected chi connectivity index (χ0v) is 14.3. The highest BCUT2D eigenvalue weighted by Crippen LogP contribution is 2.30. The first-order valence-electron chi connectivity index (χ1n) is 8.01. The molecule has 0 radical (unpaired) electrons. The van der Waals surface area contributed by atoms with Crippen LogP contribution in [0.2, 0.25) is 0 Å². The predicted octanol–water partition coefficient (Wildman–Crippen LogP) is 0.672. The van der Waals surface area contributed by atoms with Gasteiger partial charge >= 0.3 is 0 Å². The Morgan fingerprint density at radius 3 is 2.42 bits per heavy atom. The normalized spacial score (nSPS) is 25.4. The summed E-state index contributed by atoms with van der Waals surface area (Å²) in [4.78, 5) is 41.9. The lowest BCUT2D eigenvalue weighted by molar-refractivity contribution is -0.161. The lowest BCUT2D eigenvalue weighted by atomic mass is 10.0. The van der Waals surface area contributed by atoms with Gasteiger partial charge in [0.05, 0.1) is 18.0 Å². The number of hydrogen-bond donors (Lipinski definition) is 0. The Labute approximate surface area is 150 Å². The zero-order valence-electron chi connectivity index (χ0n) is 13.5. The number of hydrogen-bond acceptors (Lipinski definition) is 4. The van der Waals surface area contributed by atoms with Gasteiger partial charge in [-0.2, -0.15) is 0 Å². The lowest BCUT2D eigenvalue weighted by Crippen LogP contribution is -2.69. The molecule has 3 aliphatic rings. The second-order valence-corrected chi connectivity index (χ2v) is 7.37. The Hall–Kier alpha value is -2.23. The van der Waals surface area contributed by atoms with Crippen LogP contribution in [-0.4, -0.2) is 75.8 Å². The van der Waals surface area contributed by atoms with E-state index < -0.39 is 41.0 Å². The molecule has 3 heterocycles. The Morgan fingerprint density at radius 1 is 0.962 bits per heavy atom. The fourth-order valence-corrected chi connectivity index (χ4v) is 4.70. The van der Waals surface area contributed by atoms with Crippen LogP contribution in [0.1, 0.15) is 10.4 Å². The summed E-state index contributed by atoms with van der Waals surface area (Å²) in [7, 11) is 0. The first-order chi connectivity index (χ1) is 12.4. The number of piperazine rings is 2. The monoisotopic (exact) mass is 385 g/mol. The molecule has 0 bridgehead atoms. The van der Waals surface area contributed by atoms with E-state index in [-0.39, 0.29) is 31.4 Å². The number of thioether (sulfide) groups is 1. The second kappa shape index (κ2) is 6.19. The van der Waals surface area contributed by atoms with Gasteiger partial charge in [-0.15, -0.1) is 11.8 Å². The van der Waals surface area contributed by atoms with Crippen LogP contribution in [0.4, 0.5) is 13.2 Å². The molecule has 1 aromatic carbocycles. The minimum absolute atomic E-state index is 0.0899. The average Bonchev–Trinajstić information content (AvgIpc) is 3.12. The summed E-state index contributed by atoms with van der Waals surface area (Å²) in [5, 5.41) is 0. The third kappa shape index (κ3) is 2.54. The molecule has 0 aromatic heterocycles. The number of rotatable bonds is 1. The molecule has 0 spiro atoms. The molecular weight excluding hydrogens is 371 g/mol. The topological polar surface area (TPSA) is 60.9 Å². The van der Waals surface area contributed by atoms with Gasteiger partial charge in [-0.3, -0.25) is 14.4 Å². The minimum atomic E-state index is -1.38. The average molecular weight is 385 g/mol. The van der Waals surface area contributed by atoms with Gasteiger partial charge in [0, 0.05) is 24.9 Å². The van der Waals surface area contributed by atoms with Crippen LogP contribution in [0.15, 0.2) is 12.1 Å². The van der Waals surface area contributed by atoms with E-state index >= 15 is 0 Å². The number of benzene rings is 1. The number of fused-ring (bicyclic) bond motifs is 2. The van der Waals surface area contributed by atoms with Gasteiger partial charge in [-0.25, -0.2) is 13.2 Å². The third-order valence-electron chi connectivity index (χ3n) is 4.93. The number of carbonyl (C=O) groups excluding carboxylic acids is 3. The Bertz CT molecular complexity index is 821. The van der Waals surface area contributed by atoms with Gasteiger partial charge in [-0.05, 0) is 6.07 Å². The summed E-state index contributed by atoms with van der Waals surface area (Å²) in [6, 6.07) is -0.460. The van der Waals surface area contributed by atoms with Crippen LogP contribution >= 0.6 is 11.8 Å². The molecule has 4 rings (SSSR count). The summed E-state index contributed by atoms with van der Waals surface area (Å²) in [5.74, 6) is -4.13. The van der Waals surface area contributed by atoms with E-state index in [0.29, 0.717) is 23.8 Å². The van der Waals surface area contributed by atoms with Gasteiger partial charge in [0.2, 0.25) is 11.8 Å². The molecule has 3 amide bonds. The molecular formula is C16H14F3N3O3S. The molecule has 3 saturated heterocycles. The lowest BCUT2D eigenvalue weighted by Gasteiger charge is -2.47. The number of carbonyl (C=O) groups is 3. The first-order valence-corrected chi connectivity index (χ1v) is 9.16. The largest absolute Gasteiger partial charge is 0.334 e. The van der Waals surface area contributed by atoms with Gasteiger partial charge in [0.15, 0.2) is 11.6 Å². The Morgan fingerprint density at radius 2 is 1.65 bits per heavy atom. The van der Waals surface area contributed by atoms with E-state index in [1.165, 1.54) is 26.5 Å². The van der Waals surface area contributed by atoms with Crippen molar-refractivity contribution in [2.75, 3.05) is 31.3 Å². The second-order valence-electron chi connectivity index (χ2n) is 6.37. The maximum absolute atomic E-state index is 13.9. The van der Waals surface area contributed by atoms with E-state index in [4.69, 9.17) is 0 Å². The van der Waals surface area contributed by atoms with Crippen molar-refractivity contribution < 1.29 is 27.6 Å². The fourth-order valence-electron chi connectivity index (χ4n) is 3.55. The molecule has 0 aliphatic carbocycles. The zero-order chi connectivity index (χ0) is 18.6. The standard InChI is InChI=1S/C16H14F3N3O3S/c17-9-4-11(19)10(18)3-8(9)14(23)20-1-2-21-12(5-20)15(24)22-7-26-6-13(22)16(21)25/h3-4,12-13H,1-2,5-7H2/t12-,13+/m1/s1. The van der Waals surface area contributed by atoms with E-state index in [9.17, 15) is 27.6 Å². The van der Waals surface area contributed by atoms with Crippen LogP contribution in [0, 0.1) is 17.5 Å². The highest BCUT2D eigenvalue weighted by Gasteiger charge is 2.50. The van der Waals surface area contributed by atoms with Crippen molar-refractivity contribution in [1.29, 1.82) is 0 Å². The highest BCUT2D eigenvalue weighted by atomic mass is 32.2. The number of amides is 3. The number of halogens is 3. The van der Waals surface area contributed by atoms with Crippen molar-refractivity contribution in [2.24, 2.45) is 0 Å². The molecule has 3 aliphatic heterocycles. The molecule has 0 N–H and O–H groups in total. The highest BCUT2D eigenvalue weighted by molar-refractivity contribution is 7.99. The minimum Gasteiger partial charge on any atom is -0.334 e.